The van der Waals surface area contributed by atoms with Crippen molar-refractivity contribution in [2.75, 3.05) is 43.7 Å². The van der Waals surface area contributed by atoms with E-state index in [1.165, 1.54) is 0 Å². The van der Waals surface area contributed by atoms with E-state index < -0.39 is 0 Å². The van der Waals surface area contributed by atoms with E-state index in [-0.39, 0.29) is 0 Å². The number of hydrazine groups is 1. The first-order valence-corrected chi connectivity index (χ1v) is 8.51. The van der Waals surface area contributed by atoms with Crippen molar-refractivity contribution in [3.8, 4) is 10.6 Å². The summed E-state index contributed by atoms with van der Waals surface area (Å²) in [5.74, 6) is 1.38. The van der Waals surface area contributed by atoms with Crippen molar-refractivity contribution in [2.24, 2.45) is 0 Å². The SMILES string of the molecule is CNNc1nc(N2CCOCC2)c2nc(-c3ccncc3)sc2n1. The van der Waals surface area contributed by atoms with Crippen LogP contribution in [0.5, 0.6) is 0 Å². The molecular formula is C15H17N7OS. The van der Waals surface area contributed by atoms with Gasteiger partial charge in [0.25, 0.3) is 0 Å². The number of fused-ring (bicyclic) bond motifs is 1. The zero-order chi connectivity index (χ0) is 16.4. The normalized spacial score (nSPS) is 15.0. The zero-order valence-electron chi connectivity index (χ0n) is 13.2. The predicted molar refractivity (Wildman–Crippen MR) is 94.2 cm³/mol. The van der Waals surface area contributed by atoms with Crippen LogP contribution in [0.3, 0.4) is 0 Å². The lowest BCUT2D eigenvalue weighted by Gasteiger charge is -2.28. The molecule has 8 nitrogen and oxygen atoms in total. The smallest absolute Gasteiger partial charge is 0.240 e. The van der Waals surface area contributed by atoms with E-state index in [0.717, 1.165) is 39.8 Å². The van der Waals surface area contributed by atoms with Crippen LogP contribution in [0.1, 0.15) is 0 Å². The van der Waals surface area contributed by atoms with Crippen LogP contribution >= 0.6 is 11.3 Å². The number of pyridine rings is 1. The Bertz CT molecular complexity index is 832. The first-order valence-electron chi connectivity index (χ1n) is 7.69. The molecule has 0 saturated carbocycles. The number of ether oxygens (including phenoxy) is 1. The van der Waals surface area contributed by atoms with E-state index in [9.17, 15) is 0 Å². The van der Waals surface area contributed by atoms with E-state index in [1.807, 2.05) is 12.1 Å². The number of hydrogen-bond donors (Lipinski definition) is 2. The quantitative estimate of drug-likeness (QED) is 0.690. The van der Waals surface area contributed by atoms with Gasteiger partial charge in [0.05, 0.1) is 13.2 Å². The lowest BCUT2D eigenvalue weighted by Crippen LogP contribution is -2.37. The third-order valence-corrected chi connectivity index (χ3v) is 4.71. The fourth-order valence-electron chi connectivity index (χ4n) is 2.59. The minimum atomic E-state index is 0.538. The van der Waals surface area contributed by atoms with Crippen LogP contribution in [0.4, 0.5) is 11.8 Å². The Morgan fingerprint density at radius 2 is 1.92 bits per heavy atom. The molecule has 0 bridgehead atoms. The molecule has 24 heavy (non-hydrogen) atoms. The number of nitrogens with one attached hydrogen (secondary N) is 2. The highest BCUT2D eigenvalue weighted by molar-refractivity contribution is 7.21. The Balaban J connectivity index is 1.83. The summed E-state index contributed by atoms with van der Waals surface area (Å²) < 4.78 is 5.45. The molecule has 0 aromatic carbocycles. The van der Waals surface area contributed by atoms with Gasteiger partial charge in [-0.1, -0.05) is 11.3 Å². The zero-order valence-corrected chi connectivity index (χ0v) is 14.0. The van der Waals surface area contributed by atoms with E-state index in [4.69, 9.17) is 9.72 Å². The molecular weight excluding hydrogens is 326 g/mol. The third-order valence-electron chi connectivity index (χ3n) is 3.72. The van der Waals surface area contributed by atoms with Crippen LogP contribution in [0, 0.1) is 0 Å². The molecule has 0 radical (unpaired) electrons. The van der Waals surface area contributed by atoms with Crippen molar-refractivity contribution in [3.63, 3.8) is 0 Å². The summed E-state index contributed by atoms with van der Waals surface area (Å²) in [6.07, 6.45) is 3.54. The Morgan fingerprint density at radius 1 is 1.12 bits per heavy atom. The summed E-state index contributed by atoms with van der Waals surface area (Å²) in [6.45, 7) is 2.99. The summed E-state index contributed by atoms with van der Waals surface area (Å²) >= 11 is 1.55. The van der Waals surface area contributed by atoms with Gasteiger partial charge >= 0.3 is 0 Å². The van der Waals surface area contributed by atoms with Gasteiger partial charge in [0.2, 0.25) is 5.95 Å². The van der Waals surface area contributed by atoms with Crippen molar-refractivity contribution in [1.82, 2.24) is 25.4 Å². The first-order chi connectivity index (χ1) is 11.8. The fourth-order valence-corrected chi connectivity index (χ4v) is 3.53. The Morgan fingerprint density at radius 3 is 2.67 bits per heavy atom. The summed E-state index contributed by atoms with van der Waals surface area (Å²) in [7, 11) is 1.79. The number of nitrogens with zero attached hydrogens (tertiary/aromatic N) is 5. The summed E-state index contributed by atoms with van der Waals surface area (Å²) in [6, 6.07) is 3.90. The molecule has 9 heteroatoms. The lowest BCUT2D eigenvalue weighted by molar-refractivity contribution is 0.122. The fraction of sp³-hybridized carbons (Fsp3) is 0.333. The highest BCUT2D eigenvalue weighted by Crippen LogP contribution is 2.34. The number of morpholine rings is 1. The van der Waals surface area contributed by atoms with E-state index in [0.29, 0.717) is 19.2 Å². The van der Waals surface area contributed by atoms with Gasteiger partial charge in [0, 0.05) is 38.1 Å². The van der Waals surface area contributed by atoms with E-state index in [1.54, 1.807) is 30.8 Å². The lowest BCUT2D eigenvalue weighted by atomic mass is 10.3. The van der Waals surface area contributed by atoms with Crippen molar-refractivity contribution in [1.29, 1.82) is 0 Å². The van der Waals surface area contributed by atoms with Crippen LogP contribution in [0.15, 0.2) is 24.5 Å². The summed E-state index contributed by atoms with van der Waals surface area (Å²) in [5.41, 5.74) is 7.70. The van der Waals surface area contributed by atoms with Crippen molar-refractivity contribution < 1.29 is 4.74 Å². The molecule has 2 N–H and O–H groups in total. The third kappa shape index (κ3) is 2.88. The molecule has 1 aliphatic heterocycles. The average molecular weight is 343 g/mol. The highest BCUT2D eigenvalue weighted by atomic mass is 32.1. The van der Waals surface area contributed by atoms with Gasteiger partial charge in [0.1, 0.15) is 10.5 Å². The maximum atomic E-state index is 5.45. The minimum Gasteiger partial charge on any atom is -0.378 e. The maximum absolute atomic E-state index is 5.45. The maximum Gasteiger partial charge on any atom is 0.240 e. The van der Waals surface area contributed by atoms with Crippen LogP contribution in [0.25, 0.3) is 20.9 Å². The number of thiazole rings is 1. The summed E-state index contributed by atoms with van der Waals surface area (Å²) in [4.78, 5) is 21.1. The van der Waals surface area contributed by atoms with Gasteiger partial charge in [-0.15, -0.1) is 0 Å². The Hall–Kier alpha value is -2.36. The number of hydrogen-bond acceptors (Lipinski definition) is 9. The standard InChI is InChI=1S/C15H17N7OS/c1-16-21-15-19-12(22-6-8-23-9-7-22)11-14(20-15)24-13(18-11)10-2-4-17-5-3-10/h2-5,16H,6-9H2,1H3,(H,19,20,21). The molecule has 0 aliphatic carbocycles. The number of anilines is 2. The molecule has 1 saturated heterocycles. The van der Waals surface area contributed by atoms with Crippen LogP contribution in [0.2, 0.25) is 0 Å². The second-order valence-electron chi connectivity index (χ2n) is 5.25. The van der Waals surface area contributed by atoms with Crippen LogP contribution in [-0.2, 0) is 4.74 Å². The largest absolute Gasteiger partial charge is 0.378 e. The van der Waals surface area contributed by atoms with Crippen LogP contribution in [-0.4, -0.2) is 53.3 Å². The summed E-state index contributed by atoms with van der Waals surface area (Å²) in [5, 5.41) is 0.915. The van der Waals surface area contributed by atoms with Gasteiger partial charge in [-0.3, -0.25) is 10.4 Å². The second-order valence-corrected chi connectivity index (χ2v) is 6.23. The predicted octanol–water partition coefficient (Wildman–Crippen LogP) is 1.53. The second kappa shape index (κ2) is 6.63. The van der Waals surface area contributed by atoms with Crippen molar-refractivity contribution in [2.45, 2.75) is 0 Å². The van der Waals surface area contributed by atoms with Gasteiger partial charge in [-0.25, -0.2) is 10.4 Å². The van der Waals surface area contributed by atoms with Gasteiger partial charge < -0.3 is 9.64 Å². The Labute approximate surface area is 142 Å². The number of rotatable bonds is 4. The molecule has 3 aromatic heterocycles. The van der Waals surface area contributed by atoms with Gasteiger partial charge in [0.15, 0.2) is 10.6 Å². The molecule has 4 rings (SSSR count). The molecule has 0 amide bonds. The monoisotopic (exact) mass is 343 g/mol. The van der Waals surface area contributed by atoms with Gasteiger partial charge in [-0.2, -0.15) is 9.97 Å². The molecule has 3 aromatic rings. The van der Waals surface area contributed by atoms with E-state index in [2.05, 4.69) is 30.7 Å². The van der Waals surface area contributed by atoms with Crippen LogP contribution < -0.4 is 15.8 Å². The molecule has 124 valence electrons. The molecule has 0 spiro atoms. The topological polar surface area (TPSA) is 88.1 Å². The molecule has 4 heterocycles. The highest BCUT2D eigenvalue weighted by Gasteiger charge is 2.20. The van der Waals surface area contributed by atoms with Crippen molar-refractivity contribution in [3.05, 3.63) is 24.5 Å². The van der Waals surface area contributed by atoms with Crippen molar-refractivity contribution >= 4 is 33.5 Å². The minimum absolute atomic E-state index is 0.538. The molecule has 0 atom stereocenters. The molecule has 1 fully saturated rings. The molecule has 1 aliphatic rings. The Kier molecular flexibility index (Phi) is 4.20. The average Bonchev–Trinajstić information content (AvgIpc) is 3.07. The number of aromatic nitrogens is 4. The van der Waals surface area contributed by atoms with E-state index >= 15 is 0 Å². The first kappa shape index (κ1) is 15.2. The molecule has 0 unspecified atom stereocenters. The van der Waals surface area contributed by atoms with Gasteiger partial charge in [-0.05, 0) is 12.1 Å².